The van der Waals surface area contributed by atoms with E-state index in [2.05, 4.69) is 21.4 Å². The Balaban J connectivity index is 1.49. The Labute approximate surface area is 157 Å². The predicted octanol–water partition coefficient (Wildman–Crippen LogP) is 3.82. The molecule has 0 unspecified atom stereocenters. The topological polar surface area (TPSA) is 67.3 Å². The number of rotatable bonds is 4. The van der Waals surface area contributed by atoms with Crippen LogP contribution < -0.4 is 15.0 Å². The standard InChI is InChI=1S/C21H20N4O2/c1-27-17-10-8-16(9-11-17)24-20-14-22-18(13-23-20)21(26)25-12-4-6-15-5-2-3-7-19(15)25/h2-3,5,7-11,13-14H,4,6,12H2,1H3,(H,23,24). The van der Waals surface area contributed by atoms with Crippen molar-refractivity contribution in [2.24, 2.45) is 0 Å². The monoisotopic (exact) mass is 360 g/mol. The van der Waals surface area contributed by atoms with E-state index in [0.29, 0.717) is 18.1 Å². The lowest BCUT2D eigenvalue weighted by molar-refractivity contribution is 0.0980. The maximum atomic E-state index is 12.9. The zero-order valence-corrected chi connectivity index (χ0v) is 15.1. The SMILES string of the molecule is COc1ccc(Nc2cnc(C(=O)N3CCCc4ccccc43)cn2)cc1. The van der Waals surface area contributed by atoms with Crippen molar-refractivity contribution in [1.29, 1.82) is 0 Å². The number of ether oxygens (including phenoxy) is 1. The number of para-hydroxylation sites is 1. The Morgan fingerprint density at radius 1 is 1.07 bits per heavy atom. The largest absolute Gasteiger partial charge is 0.497 e. The zero-order chi connectivity index (χ0) is 18.6. The fraction of sp³-hybridized carbons (Fsp3) is 0.190. The zero-order valence-electron chi connectivity index (χ0n) is 15.1. The van der Waals surface area contributed by atoms with E-state index in [1.165, 1.54) is 11.8 Å². The molecule has 1 amide bonds. The maximum Gasteiger partial charge on any atom is 0.278 e. The van der Waals surface area contributed by atoms with Crippen LogP contribution in [0, 0.1) is 0 Å². The van der Waals surface area contributed by atoms with Gasteiger partial charge in [-0.05, 0) is 48.7 Å². The summed E-state index contributed by atoms with van der Waals surface area (Å²) in [7, 11) is 1.63. The third kappa shape index (κ3) is 3.60. The summed E-state index contributed by atoms with van der Waals surface area (Å²) in [6.07, 6.45) is 5.04. The van der Waals surface area contributed by atoms with Crippen LogP contribution in [0.1, 0.15) is 22.5 Å². The first-order valence-electron chi connectivity index (χ1n) is 8.87. The van der Waals surface area contributed by atoms with E-state index in [4.69, 9.17) is 4.74 Å². The Bertz CT molecular complexity index is 939. The summed E-state index contributed by atoms with van der Waals surface area (Å²) in [5.74, 6) is 1.25. The van der Waals surface area contributed by atoms with Gasteiger partial charge in [0.05, 0.1) is 19.5 Å². The van der Waals surface area contributed by atoms with Gasteiger partial charge in [0.1, 0.15) is 17.3 Å². The van der Waals surface area contributed by atoms with Crippen molar-refractivity contribution in [2.45, 2.75) is 12.8 Å². The minimum Gasteiger partial charge on any atom is -0.497 e. The number of anilines is 3. The van der Waals surface area contributed by atoms with Crippen molar-refractivity contribution in [2.75, 3.05) is 23.9 Å². The van der Waals surface area contributed by atoms with Crippen LogP contribution in [0.2, 0.25) is 0 Å². The molecule has 1 N–H and O–H groups in total. The highest BCUT2D eigenvalue weighted by Crippen LogP contribution is 2.27. The van der Waals surface area contributed by atoms with Crippen molar-refractivity contribution >= 4 is 23.1 Å². The second kappa shape index (κ2) is 7.45. The lowest BCUT2D eigenvalue weighted by Crippen LogP contribution is -2.36. The number of aromatic nitrogens is 2. The summed E-state index contributed by atoms with van der Waals surface area (Å²) in [5, 5.41) is 3.16. The van der Waals surface area contributed by atoms with Crippen LogP contribution in [0.15, 0.2) is 60.9 Å². The summed E-state index contributed by atoms with van der Waals surface area (Å²) in [6, 6.07) is 15.5. The van der Waals surface area contributed by atoms with Crippen LogP contribution in [0.25, 0.3) is 0 Å². The molecule has 4 rings (SSSR count). The molecule has 0 aliphatic carbocycles. The van der Waals surface area contributed by atoms with Gasteiger partial charge in [-0.3, -0.25) is 4.79 Å². The molecule has 0 saturated heterocycles. The Kier molecular flexibility index (Phi) is 4.70. The molecule has 1 aliphatic rings. The fourth-order valence-electron chi connectivity index (χ4n) is 3.21. The van der Waals surface area contributed by atoms with Gasteiger partial charge < -0.3 is 15.0 Å². The van der Waals surface area contributed by atoms with E-state index in [1.54, 1.807) is 18.2 Å². The molecule has 0 saturated carbocycles. The molecule has 0 radical (unpaired) electrons. The van der Waals surface area contributed by atoms with Gasteiger partial charge in [-0.2, -0.15) is 0 Å². The third-order valence-electron chi connectivity index (χ3n) is 4.59. The average Bonchev–Trinajstić information content (AvgIpc) is 2.74. The maximum absolute atomic E-state index is 12.9. The van der Waals surface area contributed by atoms with Crippen LogP contribution in [0.3, 0.4) is 0 Å². The average molecular weight is 360 g/mol. The van der Waals surface area contributed by atoms with Gasteiger partial charge in [0.15, 0.2) is 0 Å². The first-order chi connectivity index (χ1) is 13.2. The highest BCUT2D eigenvalue weighted by atomic mass is 16.5. The molecule has 6 nitrogen and oxygen atoms in total. The van der Waals surface area contributed by atoms with E-state index < -0.39 is 0 Å². The summed E-state index contributed by atoms with van der Waals surface area (Å²) in [6.45, 7) is 0.698. The molecule has 3 aromatic rings. The minimum absolute atomic E-state index is 0.120. The molecule has 27 heavy (non-hydrogen) atoms. The second-order valence-electron chi connectivity index (χ2n) is 6.33. The first-order valence-corrected chi connectivity index (χ1v) is 8.87. The summed E-state index contributed by atoms with van der Waals surface area (Å²) >= 11 is 0. The van der Waals surface area contributed by atoms with Crippen LogP contribution in [-0.4, -0.2) is 29.5 Å². The molecule has 0 fully saturated rings. The van der Waals surface area contributed by atoms with Crippen molar-refractivity contribution < 1.29 is 9.53 Å². The first kappa shape index (κ1) is 17.0. The third-order valence-corrected chi connectivity index (χ3v) is 4.59. The van der Waals surface area contributed by atoms with E-state index in [1.807, 2.05) is 42.5 Å². The Morgan fingerprint density at radius 3 is 2.63 bits per heavy atom. The predicted molar refractivity (Wildman–Crippen MR) is 105 cm³/mol. The van der Waals surface area contributed by atoms with Gasteiger partial charge in [0, 0.05) is 17.9 Å². The Morgan fingerprint density at radius 2 is 1.89 bits per heavy atom. The highest BCUT2D eigenvalue weighted by Gasteiger charge is 2.24. The van der Waals surface area contributed by atoms with Gasteiger partial charge in [-0.15, -0.1) is 0 Å². The van der Waals surface area contributed by atoms with Crippen molar-refractivity contribution in [3.05, 3.63) is 72.2 Å². The summed E-state index contributed by atoms with van der Waals surface area (Å²) in [4.78, 5) is 23.3. The minimum atomic E-state index is -0.120. The van der Waals surface area contributed by atoms with Gasteiger partial charge in [-0.1, -0.05) is 18.2 Å². The number of fused-ring (bicyclic) bond motifs is 1. The number of aryl methyl sites for hydroxylation is 1. The number of nitrogens with one attached hydrogen (secondary N) is 1. The normalized spacial score (nSPS) is 13.0. The number of nitrogens with zero attached hydrogens (tertiary/aromatic N) is 3. The molecule has 0 bridgehead atoms. The number of hydrogen-bond donors (Lipinski definition) is 1. The number of methoxy groups -OCH3 is 1. The molecule has 0 spiro atoms. The second-order valence-corrected chi connectivity index (χ2v) is 6.33. The van der Waals surface area contributed by atoms with Crippen LogP contribution in [-0.2, 0) is 6.42 Å². The van der Waals surface area contributed by atoms with Crippen LogP contribution >= 0.6 is 0 Å². The molecule has 6 heteroatoms. The molecular weight excluding hydrogens is 340 g/mol. The molecule has 2 heterocycles. The van der Waals surface area contributed by atoms with Gasteiger partial charge in [0.2, 0.25) is 0 Å². The fourth-order valence-corrected chi connectivity index (χ4v) is 3.21. The lowest BCUT2D eigenvalue weighted by Gasteiger charge is -2.29. The van der Waals surface area contributed by atoms with E-state index in [0.717, 1.165) is 30.0 Å². The summed E-state index contributed by atoms with van der Waals surface area (Å²) in [5.41, 5.74) is 3.37. The molecule has 1 aliphatic heterocycles. The molecule has 1 aromatic heterocycles. The van der Waals surface area contributed by atoms with Crippen molar-refractivity contribution in [1.82, 2.24) is 9.97 Å². The van der Waals surface area contributed by atoms with Crippen molar-refractivity contribution in [3.63, 3.8) is 0 Å². The quantitative estimate of drug-likeness (QED) is 0.766. The number of benzene rings is 2. The molecule has 136 valence electrons. The number of amides is 1. The smallest absolute Gasteiger partial charge is 0.278 e. The molecular formula is C21H20N4O2. The van der Waals surface area contributed by atoms with Gasteiger partial charge in [-0.25, -0.2) is 9.97 Å². The van der Waals surface area contributed by atoms with Crippen molar-refractivity contribution in [3.8, 4) is 5.75 Å². The number of hydrogen-bond acceptors (Lipinski definition) is 5. The molecule has 2 aromatic carbocycles. The van der Waals surface area contributed by atoms with Crippen LogP contribution in [0.5, 0.6) is 5.75 Å². The Hall–Kier alpha value is -3.41. The molecule has 0 atom stereocenters. The van der Waals surface area contributed by atoms with Gasteiger partial charge in [0.25, 0.3) is 5.91 Å². The van der Waals surface area contributed by atoms with E-state index in [9.17, 15) is 4.79 Å². The van der Waals surface area contributed by atoms with E-state index in [-0.39, 0.29) is 5.91 Å². The summed E-state index contributed by atoms with van der Waals surface area (Å²) < 4.78 is 5.15. The van der Waals surface area contributed by atoms with Gasteiger partial charge >= 0.3 is 0 Å². The van der Waals surface area contributed by atoms with E-state index >= 15 is 0 Å². The highest BCUT2D eigenvalue weighted by molar-refractivity contribution is 6.05. The lowest BCUT2D eigenvalue weighted by atomic mass is 10.0. The number of carbonyl (C=O) groups excluding carboxylic acids is 1. The number of carbonyl (C=O) groups is 1. The van der Waals surface area contributed by atoms with Crippen LogP contribution in [0.4, 0.5) is 17.2 Å².